The number of ether oxygens (including phenoxy) is 2. The molecule has 2 N–H and O–H groups in total. The monoisotopic (exact) mass is 562 g/mol. The quantitative estimate of drug-likeness (QED) is 0.235. The van der Waals surface area contributed by atoms with Gasteiger partial charge in [-0.3, -0.25) is 19.4 Å². The molecule has 0 aromatic carbocycles. The second-order valence-electron chi connectivity index (χ2n) is 11.6. The fraction of sp³-hybridized carbons (Fsp3) is 0.690. The molecule has 3 amide bonds. The number of hydrogen-bond acceptors (Lipinski definition) is 8. The number of likely N-dealkylation sites (tertiary alicyclic amines) is 2. The molecule has 0 unspecified atom stereocenters. The van der Waals surface area contributed by atoms with Crippen LogP contribution >= 0.6 is 0 Å². The summed E-state index contributed by atoms with van der Waals surface area (Å²) in [5, 5.41) is 12.1. The van der Waals surface area contributed by atoms with Crippen LogP contribution in [-0.4, -0.2) is 89.9 Å². The molecule has 0 saturated carbocycles. The maximum Gasteiger partial charge on any atom is 0.410 e. The van der Waals surface area contributed by atoms with E-state index in [-0.39, 0.29) is 30.1 Å². The average Bonchev–Trinajstić information content (AvgIpc) is 2.90. The van der Waals surface area contributed by atoms with Crippen molar-refractivity contribution in [2.45, 2.75) is 84.3 Å². The Morgan fingerprint density at radius 2 is 1.80 bits per heavy atom. The molecule has 2 atom stereocenters. The molecule has 2 fully saturated rings. The number of nitrogens with zero attached hydrogens (tertiary/aromatic N) is 3. The van der Waals surface area contributed by atoms with Gasteiger partial charge in [-0.05, 0) is 71.3 Å². The maximum atomic E-state index is 13.1. The first kappa shape index (κ1) is 32.8. The summed E-state index contributed by atoms with van der Waals surface area (Å²) in [5.41, 5.74) is -0.136. The van der Waals surface area contributed by atoms with Gasteiger partial charge in [0.2, 0.25) is 11.8 Å². The van der Waals surface area contributed by atoms with Gasteiger partial charge in [0.15, 0.2) is 0 Å². The smallest absolute Gasteiger partial charge is 0.410 e. The zero-order chi connectivity index (χ0) is 29.9. The summed E-state index contributed by atoms with van der Waals surface area (Å²) in [7, 11) is 1.27. The second-order valence-corrected chi connectivity index (χ2v) is 11.6. The van der Waals surface area contributed by atoms with Gasteiger partial charge in [-0.1, -0.05) is 6.58 Å². The van der Waals surface area contributed by atoms with Crippen molar-refractivity contribution in [3.8, 4) is 0 Å². The van der Waals surface area contributed by atoms with E-state index in [1.165, 1.54) is 26.4 Å². The van der Waals surface area contributed by atoms with Crippen molar-refractivity contribution < 1.29 is 33.8 Å². The van der Waals surface area contributed by atoms with E-state index in [9.17, 15) is 24.3 Å². The van der Waals surface area contributed by atoms with E-state index in [1.54, 1.807) is 9.80 Å². The van der Waals surface area contributed by atoms with Crippen LogP contribution in [0.15, 0.2) is 29.1 Å². The van der Waals surface area contributed by atoms with Gasteiger partial charge in [-0.2, -0.15) is 0 Å². The van der Waals surface area contributed by atoms with Gasteiger partial charge in [-0.15, -0.1) is 0 Å². The predicted molar refractivity (Wildman–Crippen MR) is 152 cm³/mol. The van der Waals surface area contributed by atoms with Crippen LogP contribution in [0.4, 0.5) is 4.79 Å². The van der Waals surface area contributed by atoms with Crippen LogP contribution in [-0.2, 0) is 23.9 Å². The van der Waals surface area contributed by atoms with Crippen molar-refractivity contribution in [2.75, 3.05) is 33.3 Å². The zero-order valence-electron chi connectivity index (χ0n) is 24.6. The summed E-state index contributed by atoms with van der Waals surface area (Å²) in [4.78, 5) is 57.8. The van der Waals surface area contributed by atoms with Gasteiger partial charge in [0.1, 0.15) is 11.4 Å². The third-order valence-corrected chi connectivity index (χ3v) is 7.04. The molecule has 11 nitrogen and oxygen atoms in total. The second kappa shape index (κ2) is 15.4. The summed E-state index contributed by atoms with van der Waals surface area (Å²) >= 11 is 0. The minimum absolute atomic E-state index is 0.0100. The highest BCUT2D eigenvalue weighted by Crippen LogP contribution is 2.25. The van der Waals surface area contributed by atoms with Crippen LogP contribution in [0.25, 0.3) is 0 Å². The molecule has 2 aliphatic heterocycles. The Bertz CT molecular complexity index is 973. The Kier molecular flexibility index (Phi) is 12.7. The Morgan fingerprint density at radius 1 is 1.12 bits per heavy atom. The van der Waals surface area contributed by atoms with E-state index >= 15 is 0 Å². The van der Waals surface area contributed by atoms with Gasteiger partial charge in [0, 0.05) is 38.8 Å². The number of carbonyl (C=O) groups excluding carboxylic acids is 4. The lowest BCUT2D eigenvalue weighted by molar-refractivity contribution is -0.141. The number of aliphatic imine (C=N–C) groups is 1. The topological polar surface area (TPSA) is 138 Å². The van der Waals surface area contributed by atoms with Gasteiger partial charge in [0.05, 0.1) is 31.7 Å². The molecule has 0 bridgehead atoms. The van der Waals surface area contributed by atoms with Crippen molar-refractivity contribution in [1.29, 1.82) is 0 Å². The molecular weight excluding hydrogens is 516 g/mol. The standard InChI is InChI=1S/C29H46N4O7/c1-20(17-30-18-21(2)34)24(16-26(36)39-6)31-27(37)23-8-7-13-33(19-23)25(35)10-9-22-11-14-32(15-12-22)28(38)40-29(3,4)5/h17-18,22-24,34H,1,7-16,19H2,2-6H3,(H,31,37)/b21-18+,30-17?/t23-,24+/m1/s1. The molecule has 2 rings (SSSR count). The average molecular weight is 563 g/mol. The normalized spacial score (nSPS) is 19.7. The number of esters is 1. The Hall–Kier alpha value is -3.37. The van der Waals surface area contributed by atoms with Crippen LogP contribution in [0.2, 0.25) is 0 Å². The first-order chi connectivity index (χ1) is 18.8. The largest absolute Gasteiger partial charge is 0.511 e. The van der Waals surface area contributed by atoms with Crippen LogP contribution in [0.1, 0.15) is 72.6 Å². The highest BCUT2D eigenvalue weighted by Gasteiger charge is 2.31. The lowest BCUT2D eigenvalue weighted by Gasteiger charge is -2.35. The fourth-order valence-corrected chi connectivity index (χ4v) is 4.78. The molecule has 40 heavy (non-hydrogen) atoms. The van der Waals surface area contributed by atoms with Gasteiger partial charge >= 0.3 is 12.1 Å². The SMILES string of the molecule is C=C(C=N/C=C(\C)O)[C@H](CC(=O)OC)NC(=O)[C@@H]1CCCN(C(=O)CCC2CCN(C(=O)OC(C)(C)C)CC2)C1. The number of nitrogens with one attached hydrogen (secondary N) is 1. The van der Waals surface area contributed by atoms with E-state index in [2.05, 4.69) is 16.9 Å². The van der Waals surface area contributed by atoms with E-state index in [1.807, 2.05) is 20.8 Å². The van der Waals surface area contributed by atoms with E-state index < -0.39 is 23.5 Å². The zero-order valence-corrected chi connectivity index (χ0v) is 24.6. The van der Waals surface area contributed by atoms with Crippen LogP contribution < -0.4 is 5.32 Å². The van der Waals surface area contributed by atoms with Crippen LogP contribution in [0.5, 0.6) is 0 Å². The van der Waals surface area contributed by atoms with E-state index in [0.717, 1.165) is 19.3 Å². The minimum atomic E-state index is -0.728. The van der Waals surface area contributed by atoms with Crippen molar-refractivity contribution in [2.24, 2.45) is 16.8 Å². The number of allylic oxidation sites excluding steroid dienone is 1. The molecule has 2 heterocycles. The molecule has 224 valence electrons. The van der Waals surface area contributed by atoms with Crippen molar-refractivity contribution in [1.82, 2.24) is 15.1 Å². The Balaban J connectivity index is 1.86. The van der Waals surface area contributed by atoms with Gasteiger partial charge in [-0.25, -0.2) is 4.79 Å². The number of methoxy groups -OCH3 is 1. The van der Waals surface area contributed by atoms with Crippen molar-refractivity contribution in [3.05, 3.63) is 24.1 Å². The first-order valence-electron chi connectivity index (χ1n) is 14.0. The maximum absolute atomic E-state index is 13.1. The molecule has 11 heteroatoms. The highest BCUT2D eigenvalue weighted by molar-refractivity contribution is 5.87. The number of aliphatic hydroxyl groups is 1. The molecule has 0 radical (unpaired) electrons. The Morgan fingerprint density at radius 3 is 2.40 bits per heavy atom. The van der Waals surface area contributed by atoms with Crippen LogP contribution in [0, 0.1) is 11.8 Å². The molecule has 0 aromatic rings. The van der Waals surface area contributed by atoms with Gasteiger partial charge < -0.3 is 29.7 Å². The summed E-state index contributed by atoms with van der Waals surface area (Å²) in [5.74, 6) is -0.769. The molecule has 2 aliphatic rings. The Labute approximate surface area is 237 Å². The highest BCUT2D eigenvalue weighted by atomic mass is 16.6. The third-order valence-electron chi connectivity index (χ3n) is 7.04. The number of carbonyl (C=O) groups is 4. The molecule has 0 aromatic heterocycles. The number of piperidine rings is 2. The summed E-state index contributed by atoms with van der Waals surface area (Å²) in [6, 6.07) is -0.728. The van der Waals surface area contributed by atoms with Crippen molar-refractivity contribution in [3.63, 3.8) is 0 Å². The number of rotatable bonds is 10. The number of aliphatic hydroxyl groups excluding tert-OH is 1. The summed E-state index contributed by atoms with van der Waals surface area (Å²) in [6.45, 7) is 13.1. The van der Waals surface area contributed by atoms with Crippen LogP contribution in [0.3, 0.4) is 0 Å². The number of amides is 3. The first-order valence-corrected chi connectivity index (χ1v) is 14.0. The molecular formula is C29H46N4O7. The summed E-state index contributed by atoms with van der Waals surface area (Å²) < 4.78 is 10.2. The lowest BCUT2D eigenvalue weighted by atomic mass is 9.91. The summed E-state index contributed by atoms with van der Waals surface area (Å²) in [6.07, 6.45) is 6.37. The van der Waals surface area contributed by atoms with Gasteiger partial charge in [0.25, 0.3) is 0 Å². The lowest BCUT2D eigenvalue weighted by Crippen LogP contribution is -2.48. The molecule has 0 spiro atoms. The van der Waals surface area contributed by atoms with Crippen molar-refractivity contribution >= 4 is 30.1 Å². The fourth-order valence-electron chi connectivity index (χ4n) is 4.78. The molecule has 2 saturated heterocycles. The third kappa shape index (κ3) is 11.4. The van der Waals surface area contributed by atoms with E-state index in [4.69, 9.17) is 9.47 Å². The van der Waals surface area contributed by atoms with E-state index in [0.29, 0.717) is 56.9 Å². The number of hydrogen-bond donors (Lipinski definition) is 2. The predicted octanol–water partition coefficient (Wildman–Crippen LogP) is 3.75. The molecule has 0 aliphatic carbocycles. The minimum Gasteiger partial charge on any atom is -0.511 e.